The fraction of sp³-hybridized carbons (Fsp3) is 0.438. The van der Waals surface area contributed by atoms with Gasteiger partial charge < -0.3 is 15.0 Å². The standard InChI is InChI=1S/C16H22N2O2/c1-4-16(5-2,11-19)17-13-10-15(20)18(3)14-9-7-6-8-12(13)14/h6-10,17,19H,4-5,11H2,1-3H3. The molecule has 0 saturated carbocycles. The first-order valence-electron chi connectivity index (χ1n) is 7.04. The average Bonchev–Trinajstić information content (AvgIpc) is 2.50. The quantitative estimate of drug-likeness (QED) is 0.881. The number of hydrogen-bond donors (Lipinski definition) is 2. The first kappa shape index (κ1) is 14.6. The molecular weight excluding hydrogens is 252 g/mol. The summed E-state index contributed by atoms with van der Waals surface area (Å²) >= 11 is 0. The zero-order valence-corrected chi connectivity index (χ0v) is 12.3. The lowest BCUT2D eigenvalue weighted by Gasteiger charge is -2.32. The molecule has 0 aliphatic carbocycles. The Kier molecular flexibility index (Phi) is 4.14. The number of nitrogens with zero attached hydrogens (tertiary/aromatic N) is 1. The zero-order valence-electron chi connectivity index (χ0n) is 12.3. The van der Waals surface area contributed by atoms with Crippen LogP contribution in [0.2, 0.25) is 0 Å². The molecule has 1 aromatic heterocycles. The van der Waals surface area contributed by atoms with E-state index >= 15 is 0 Å². The highest BCUT2D eigenvalue weighted by Crippen LogP contribution is 2.27. The summed E-state index contributed by atoms with van der Waals surface area (Å²) in [6, 6.07) is 9.41. The largest absolute Gasteiger partial charge is 0.394 e. The van der Waals surface area contributed by atoms with Gasteiger partial charge in [0.1, 0.15) is 0 Å². The Morgan fingerprint density at radius 2 is 1.90 bits per heavy atom. The Bertz CT molecular complexity index is 649. The number of anilines is 1. The number of para-hydroxylation sites is 1. The molecule has 4 nitrogen and oxygen atoms in total. The van der Waals surface area contributed by atoms with Gasteiger partial charge in [-0.3, -0.25) is 4.79 Å². The highest BCUT2D eigenvalue weighted by atomic mass is 16.3. The molecule has 0 amide bonds. The summed E-state index contributed by atoms with van der Waals surface area (Å²) in [6.07, 6.45) is 1.59. The van der Waals surface area contributed by atoms with Gasteiger partial charge in [-0.1, -0.05) is 32.0 Å². The first-order valence-corrected chi connectivity index (χ1v) is 7.04. The Hall–Kier alpha value is -1.81. The highest BCUT2D eigenvalue weighted by molar-refractivity contribution is 5.91. The van der Waals surface area contributed by atoms with Crippen LogP contribution in [0.25, 0.3) is 10.9 Å². The molecule has 0 fully saturated rings. The van der Waals surface area contributed by atoms with Crippen LogP contribution in [0.4, 0.5) is 5.69 Å². The highest BCUT2D eigenvalue weighted by Gasteiger charge is 2.25. The van der Waals surface area contributed by atoms with Crippen LogP contribution < -0.4 is 10.9 Å². The lowest BCUT2D eigenvalue weighted by Crippen LogP contribution is -2.41. The normalized spacial score (nSPS) is 11.8. The number of fused-ring (bicyclic) bond motifs is 1. The first-order chi connectivity index (χ1) is 9.56. The van der Waals surface area contributed by atoms with Gasteiger partial charge in [-0.25, -0.2) is 0 Å². The Balaban J connectivity index is 2.61. The van der Waals surface area contributed by atoms with Crippen LogP contribution >= 0.6 is 0 Å². The minimum Gasteiger partial charge on any atom is -0.394 e. The van der Waals surface area contributed by atoms with Crippen molar-refractivity contribution in [1.82, 2.24) is 4.57 Å². The van der Waals surface area contributed by atoms with E-state index in [1.54, 1.807) is 17.7 Å². The molecular formula is C16H22N2O2. The minimum absolute atomic E-state index is 0.0452. The van der Waals surface area contributed by atoms with Gasteiger partial charge in [0.2, 0.25) is 0 Å². The van der Waals surface area contributed by atoms with E-state index in [1.165, 1.54) is 0 Å². The van der Waals surface area contributed by atoms with Crippen molar-refractivity contribution in [2.24, 2.45) is 7.05 Å². The molecule has 108 valence electrons. The minimum atomic E-state index is -0.380. The summed E-state index contributed by atoms with van der Waals surface area (Å²) in [5, 5.41) is 14.1. The molecule has 0 radical (unpaired) electrons. The van der Waals surface area contributed by atoms with Crippen LogP contribution in [0.5, 0.6) is 0 Å². The van der Waals surface area contributed by atoms with Gasteiger partial charge in [0, 0.05) is 24.2 Å². The van der Waals surface area contributed by atoms with E-state index in [4.69, 9.17) is 0 Å². The molecule has 0 spiro atoms. The van der Waals surface area contributed by atoms with E-state index < -0.39 is 0 Å². The number of pyridine rings is 1. The van der Waals surface area contributed by atoms with Gasteiger partial charge in [0.15, 0.2) is 0 Å². The number of benzene rings is 1. The van der Waals surface area contributed by atoms with Crippen LogP contribution in [0.3, 0.4) is 0 Å². The molecule has 0 bridgehead atoms. The SMILES string of the molecule is CCC(CC)(CO)Nc1cc(=O)n(C)c2ccccc12. The maximum Gasteiger partial charge on any atom is 0.252 e. The third-order valence-corrected chi connectivity index (χ3v) is 4.21. The van der Waals surface area contributed by atoms with Gasteiger partial charge in [0.05, 0.1) is 17.7 Å². The summed E-state index contributed by atoms with van der Waals surface area (Å²) in [5.74, 6) is 0. The van der Waals surface area contributed by atoms with E-state index in [0.717, 1.165) is 29.4 Å². The zero-order chi connectivity index (χ0) is 14.8. The van der Waals surface area contributed by atoms with E-state index in [9.17, 15) is 9.90 Å². The van der Waals surface area contributed by atoms with Crippen molar-refractivity contribution in [3.05, 3.63) is 40.7 Å². The summed E-state index contributed by atoms with van der Waals surface area (Å²) in [7, 11) is 1.77. The molecule has 0 aliphatic heterocycles. The van der Waals surface area contributed by atoms with Crippen LogP contribution in [0.15, 0.2) is 35.1 Å². The lowest BCUT2D eigenvalue weighted by atomic mass is 9.93. The van der Waals surface area contributed by atoms with Gasteiger partial charge in [-0.15, -0.1) is 0 Å². The molecule has 1 aromatic carbocycles. The molecule has 0 aliphatic rings. The molecule has 2 aromatic rings. The number of nitrogens with one attached hydrogen (secondary N) is 1. The van der Waals surface area contributed by atoms with Crippen LogP contribution in [0, 0.1) is 0 Å². The van der Waals surface area contributed by atoms with Gasteiger partial charge in [0.25, 0.3) is 5.56 Å². The predicted octanol–water partition coefficient (Wildman–Crippen LogP) is 2.50. The Labute approximate surface area is 119 Å². The van der Waals surface area contributed by atoms with Gasteiger partial charge in [-0.05, 0) is 18.9 Å². The number of aryl methyl sites for hydroxylation is 1. The monoisotopic (exact) mass is 274 g/mol. The number of aromatic nitrogens is 1. The molecule has 20 heavy (non-hydrogen) atoms. The number of rotatable bonds is 5. The van der Waals surface area contributed by atoms with Crippen molar-refractivity contribution in [1.29, 1.82) is 0 Å². The Morgan fingerprint density at radius 1 is 1.25 bits per heavy atom. The summed E-state index contributed by atoms with van der Waals surface area (Å²) in [6.45, 7) is 4.12. The lowest BCUT2D eigenvalue weighted by molar-refractivity contribution is 0.202. The van der Waals surface area contributed by atoms with Gasteiger partial charge in [-0.2, -0.15) is 0 Å². The van der Waals surface area contributed by atoms with Crippen molar-refractivity contribution >= 4 is 16.6 Å². The van der Waals surface area contributed by atoms with Crippen LogP contribution in [-0.2, 0) is 7.05 Å². The van der Waals surface area contributed by atoms with E-state index in [1.807, 2.05) is 38.1 Å². The number of hydrogen-bond acceptors (Lipinski definition) is 3. The van der Waals surface area contributed by atoms with Gasteiger partial charge >= 0.3 is 0 Å². The van der Waals surface area contributed by atoms with E-state index in [-0.39, 0.29) is 17.7 Å². The fourth-order valence-electron chi connectivity index (χ4n) is 2.49. The second-order valence-electron chi connectivity index (χ2n) is 5.24. The van der Waals surface area contributed by atoms with E-state index in [2.05, 4.69) is 5.32 Å². The Morgan fingerprint density at radius 3 is 2.50 bits per heavy atom. The molecule has 0 atom stereocenters. The second kappa shape index (κ2) is 5.67. The van der Waals surface area contributed by atoms with E-state index in [0.29, 0.717) is 0 Å². The third kappa shape index (κ3) is 2.43. The second-order valence-corrected chi connectivity index (χ2v) is 5.24. The summed E-state index contributed by atoms with van der Waals surface area (Å²) in [4.78, 5) is 12.1. The summed E-state index contributed by atoms with van der Waals surface area (Å²) in [5.41, 5.74) is 1.25. The topological polar surface area (TPSA) is 54.3 Å². The summed E-state index contributed by atoms with van der Waals surface area (Å²) < 4.78 is 1.64. The van der Waals surface area contributed by atoms with Crippen molar-refractivity contribution in [2.45, 2.75) is 32.2 Å². The van der Waals surface area contributed by atoms with Crippen molar-refractivity contribution in [2.75, 3.05) is 11.9 Å². The molecule has 0 saturated heterocycles. The molecule has 1 heterocycles. The smallest absolute Gasteiger partial charge is 0.252 e. The number of aliphatic hydroxyl groups is 1. The number of aliphatic hydroxyl groups excluding tert-OH is 1. The predicted molar refractivity (Wildman–Crippen MR) is 83.2 cm³/mol. The van der Waals surface area contributed by atoms with Crippen molar-refractivity contribution in [3.63, 3.8) is 0 Å². The molecule has 0 unspecified atom stereocenters. The fourth-order valence-corrected chi connectivity index (χ4v) is 2.49. The maximum atomic E-state index is 12.1. The average molecular weight is 274 g/mol. The van der Waals surface area contributed by atoms with Crippen molar-refractivity contribution in [3.8, 4) is 0 Å². The van der Waals surface area contributed by atoms with Crippen LogP contribution in [0.1, 0.15) is 26.7 Å². The van der Waals surface area contributed by atoms with Crippen molar-refractivity contribution < 1.29 is 5.11 Å². The third-order valence-electron chi connectivity index (χ3n) is 4.21. The molecule has 2 rings (SSSR count). The molecule has 4 heteroatoms. The maximum absolute atomic E-state index is 12.1. The molecule has 2 N–H and O–H groups in total. The van der Waals surface area contributed by atoms with Crippen LogP contribution in [-0.4, -0.2) is 21.8 Å².